The lowest BCUT2D eigenvalue weighted by Gasteiger charge is -2.18. The molecule has 0 aromatic heterocycles. The molecular weight excluding hydrogens is 212 g/mol. The summed E-state index contributed by atoms with van der Waals surface area (Å²) in [7, 11) is 0. The summed E-state index contributed by atoms with van der Waals surface area (Å²) in [6.07, 6.45) is 2.95. The first-order valence-corrected chi connectivity index (χ1v) is 6.44. The molecule has 0 bridgehead atoms. The molecule has 2 heteroatoms. The van der Waals surface area contributed by atoms with Gasteiger partial charge in [-0.3, -0.25) is 4.79 Å². The Kier molecular flexibility index (Phi) is 5.75. The highest BCUT2D eigenvalue weighted by atomic mass is 16.5. The van der Waals surface area contributed by atoms with Crippen molar-refractivity contribution < 1.29 is 9.53 Å². The fraction of sp³-hybridized carbons (Fsp3) is 0.533. The van der Waals surface area contributed by atoms with Crippen molar-refractivity contribution in [2.45, 2.75) is 52.1 Å². The smallest absolute Gasteiger partial charge is 0.313 e. The van der Waals surface area contributed by atoms with E-state index in [1.165, 1.54) is 0 Å². The van der Waals surface area contributed by atoms with Gasteiger partial charge in [0.2, 0.25) is 0 Å². The van der Waals surface area contributed by atoms with Crippen molar-refractivity contribution >= 4 is 5.97 Å². The largest absolute Gasteiger partial charge is 0.462 e. The standard InChI is InChI=1S/C15H22O2/c1-4-9-14(5-2)17-15(16)12(3)13-10-7-6-8-11-13/h6-8,10-12,14H,4-5,9H2,1-3H3/t12-,14-/m1/s1. The Bertz CT molecular complexity index is 332. The molecule has 0 radical (unpaired) electrons. The lowest BCUT2D eigenvalue weighted by atomic mass is 10.0. The first kappa shape index (κ1) is 13.8. The van der Waals surface area contributed by atoms with Crippen LogP contribution in [0, 0.1) is 0 Å². The molecular formula is C15H22O2. The summed E-state index contributed by atoms with van der Waals surface area (Å²) in [5, 5.41) is 0. The van der Waals surface area contributed by atoms with Crippen molar-refractivity contribution in [3.05, 3.63) is 35.9 Å². The topological polar surface area (TPSA) is 26.3 Å². The molecule has 0 aliphatic rings. The van der Waals surface area contributed by atoms with E-state index in [-0.39, 0.29) is 18.0 Å². The van der Waals surface area contributed by atoms with Crippen molar-refractivity contribution in [3.8, 4) is 0 Å². The monoisotopic (exact) mass is 234 g/mol. The van der Waals surface area contributed by atoms with Gasteiger partial charge >= 0.3 is 5.97 Å². The lowest BCUT2D eigenvalue weighted by Crippen LogP contribution is -2.21. The van der Waals surface area contributed by atoms with Crippen LogP contribution in [0.15, 0.2) is 30.3 Å². The van der Waals surface area contributed by atoms with E-state index in [1.54, 1.807) is 0 Å². The highest BCUT2D eigenvalue weighted by Crippen LogP contribution is 2.18. The summed E-state index contributed by atoms with van der Waals surface area (Å²) in [5.74, 6) is -0.293. The highest BCUT2D eigenvalue weighted by molar-refractivity contribution is 5.77. The first-order chi connectivity index (χ1) is 8.19. The van der Waals surface area contributed by atoms with Gasteiger partial charge in [0.1, 0.15) is 6.10 Å². The summed E-state index contributed by atoms with van der Waals surface area (Å²) in [5.41, 5.74) is 1.02. The molecule has 0 N–H and O–H groups in total. The third-order valence-electron chi connectivity index (χ3n) is 3.00. The average molecular weight is 234 g/mol. The summed E-state index contributed by atoms with van der Waals surface area (Å²) < 4.78 is 5.52. The van der Waals surface area contributed by atoms with Crippen molar-refractivity contribution in [2.24, 2.45) is 0 Å². The fourth-order valence-electron chi connectivity index (χ4n) is 1.81. The Morgan fingerprint density at radius 1 is 1.24 bits per heavy atom. The number of hydrogen-bond acceptors (Lipinski definition) is 2. The molecule has 2 nitrogen and oxygen atoms in total. The second kappa shape index (κ2) is 7.10. The van der Waals surface area contributed by atoms with Crippen LogP contribution in [0.1, 0.15) is 51.5 Å². The summed E-state index contributed by atoms with van der Waals surface area (Å²) in [6, 6.07) is 9.78. The highest BCUT2D eigenvalue weighted by Gasteiger charge is 2.19. The number of carbonyl (C=O) groups excluding carboxylic acids is 1. The molecule has 0 aliphatic carbocycles. The molecule has 0 unspecified atom stereocenters. The SMILES string of the molecule is CCC[C@@H](CC)OC(=O)[C@H](C)c1ccccc1. The predicted octanol–water partition coefficient (Wildman–Crippen LogP) is 3.91. The third-order valence-corrected chi connectivity index (χ3v) is 3.00. The zero-order valence-corrected chi connectivity index (χ0v) is 11.0. The van der Waals surface area contributed by atoms with Crippen LogP contribution in [-0.4, -0.2) is 12.1 Å². The van der Waals surface area contributed by atoms with Gasteiger partial charge in [-0.05, 0) is 25.3 Å². The van der Waals surface area contributed by atoms with Crippen LogP contribution < -0.4 is 0 Å². The normalized spacial score (nSPS) is 14.1. The Morgan fingerprint density at radius 2 is 1.88 bits per heavy atom. The average Bonchev–Trinajstić information content (AvgIpc) is 2.38. The minimum absolute atomic E-state index is 0.0682. The van der Waals surface area contributed by atoms with Gasteiger partial charge in [-0.1, -0.05) is 50.6 Å². The molecule has 0 aliphatic heterocycles. The van der Waals surface area contributed by atoms with Crippen molar-refractivity contribution in [3.63, 3.8) is 0 Å². The summed E-state index contributed by atoms with van der Waals surface area (Å²) >= 11 is 0. The zero-order valence-electron chi connectivity index (χ0n) is 11.0. The van der Waals surface area contributed by atoms with Crippen LogP contribution in [0.5, 0.6) is 0 Å². The number of hydrogen-bond donors (Lipinski definition) is 0. The van der Waals surface area contributed by atoms with Crippen LogP contribution in [0.2, 0.25) is 0 Å². The van der Waals surface area contributed by atoms with Gasteiger partial charge in [-0.25, -0.2) is 0 Å². The van der Waals surface area contributed by atoms with Crippen LogP contribution in [-0.2, 0) is 9.53 Å². The quantitative estimate of drug-likeness (QED) is 0.697. The van der Waals surface area contributed by atoms with Crippen molar-refractivity contribution in [1.82, 2.24) is 0 Å². The Labute approximate surface area is 104 Å². The Morgan fingerprint density at radius 3 is 2.41 bits per heavy atom. The summed E-state index contributed by atoms with van der Waals surface area (Å²) in [6.45, 7) is 6.06. The van der Waals surface area contributed by atoms with Gasteiger partial charge in [0.05, 0.1) is 5.92 Å². The van der Waals surface area contributed by atoms with Crippen LogP contribution in [0.3, 0.4) is 0 Å². The molecule has 0 saturated heterocycles. The number of benzene rings is 1. The van der Waals surface area contributed by atoms with Gasteiger partial charge in [0, 0.05) is 0 Å². The Balaban J connectivity index is 2.58. The van der Waals surface area contributed by atoms with Crippen LogP contribution in [0.4, 0.5) is 0 Å². The van der Waals surface area contributed by atoms with E-state index in [1.807, 2.05) is 37.3 Å². The molecule has 2 atom stereocenters. The molecule has 1 aromatic carbocycles. The number of ether oxygens (including phenoxy) is 1. The minimum atomic E-state index is -0.179. The van der Waals surface area contributed by atoms with E-state index >= 15 is 0 Å². The Hall–Kier alpha value is -1.31. The van der Waals surface area contributed by atoms with Gasteiger partial charge in [0.25, 0.3) is 0 Å². The van der Waals surface area contributed by atoms with Crippen molar-refractivity contribution in [2.75, 3.05) is 0 Å². The van der Waals surface area contributed by atoms with Crippen molar-refractivity contribution in [1.29, 1.82) is 0 Å². The van der Waals surface area contributed by atoms with E-state index in [2.05, 4.69) is 13.8 Å². The molecule has 94 valence electrons. The van der Waals surface area contributed by atoms with Crippen LogP contribution >= 0.6 is 0 Å². The van der Waals surface area contributed by atoms with Gasteiger partial charge in [-0.15, -0.1) is 0 Å². The van der Waals surface area contributed by atoms with E-state index in [0.29, 0.717) is 0 Å². The van der Waals surface area contributed by atoms with E-state index in [4.69, 9.17) is 4.74 Å². The van der Waals surface area contributed by atoms with E-state index in [9.17, 15) is 4.79 Å². The fourth-order valence-corrected chi connectivity index (χ4v) is 1.81. The number of rotatable bonds is 6. The molecule has 0 spiro atoms. The third kappa shape index (κ3) is 4.22. The second-order valence-electron chi connectivity index (χ2n) is 4.39. The molecule has 1 aromatic rings. The summed E-state index contributed by atoms with van der Waals surface area (Å²) in [4.78, 5) is 12.0. The maximum Gasteiger partial charge on any atom is 0.313 e. The number of esters is 1. The van der Waals surface area contributed by atoms with Gasteiger partial charge in [0.15, 0.2) is 0 Å². The second-order valence-corrected chi connectivity index (χ2v) is 4.39. The van der Waals surface area contributed by atoms with E-state index in [0.717, 1.165) is 24.8 Å². The van der Waals surface area contributed by atoms with E-state index < -0.39 is 0 Å². The molecule has 1 rings (SSSR count). The van der Waals surface area contributed by atoms with Gasteiger partial charge < -0.3 is 4.74 Å². The molecule has 17 heavy (non-hydrogen) atoms. The molecule has 0 heterocycles. The van der Waals surface area contributed by atoms with Crippen LogP contribution in [0.25, 0.3) is 0 Å². The molecule has 0 saturated carbocycles. The minimum Gasteiger partial charge on any atom is -0.462 e. The molecule has 0 amide bonds. The zero-order chi connectivity index (χ0) is 12.7. The predicted molar refractivity (Wildman–Crippen MR) is 69.9 cm³/mol. The maximum absolute atomic E-state index is 12.0. The maximum atomic E-state index is 12.0. The molecule has 0 fully saturated rings. The van der Waals surface area contributed by atoms with Gasteiger partial charge in [-0.2, -0.15) is 0 Å². The first-order valence-electron chi connectivity index (χ1n) is 6.44. The lowest BCUT2D eigenvalue weighted by molar-refractivity contribution is -0.151. The number of carbonyl (C=O) groups is 1.